The van der Waals surface area contributed by atoms with E-state index in [1.54, 1.807) is 6.92 Å². The second kappa shape index (κ2) is 12.1. The van der Waals surface area contributed by atoms with Gasteiger partial charge in [-0.25, -0.2) is 4.79 Å². The fourth-order valence-corrected chi connectivity index (χ4v) is 3.26. The van der Waals surface area contributed by atoms with Crippen LogP contribution >= 0.6 is 0 Å². The van der Waals surface area contributed by atoms with E-state index in [-0.39, 0.29) is 30.1 Å². The Kier molecular flexibility index (Phi) is 9.57. The molecule has 0 aromatic heterocycles. The third-order valence-corrected chi connectivity index (χ3v) is 4.76. The average molecular weight is 425 g/mol. The minimum absolute atomic E-state index is 0.0876. The highest BCUT2D eigenvalue weighted by molar-refractivity contribution is 5.90. The van der Waals surface area contributed by atoms with Gasteiger partial charge in [-0.2, -0.15) is 8.78 Å². The molecule has 8 heteroatoms. The summed E-state index contributed by atoms with van der Waals surface area (Å²) >= 11 is 0. The van der Waals surface area contributed by atoms with Crippen LogP contribution in [-0.2, 0) is 14.3 Å². The first-order valence-corrected chi connectivity index (χ1v) is 10.3. The molecule has 1 N–H and O–H groups in total. The summed E-state index contributed by atoms with van der Waals surface area (Å²) in [6.45, 7) is 0.545. The minimum Gasteiger partial charge on any atom is -0.490 e. The summed E-state index contributed by atoms with van der Waals surface area (Å²) < 4.78 is 39.8. The third-order valence-electron chi connectivity index (χ3n) is 4.76. The maximum Gasteiger partial charge on any atom is 0.387 e. The number of hydrogen-bond donors (Lipinski definition) is 1. The summed E-state index contributed by atoms with van der Waals surface area (Å²) in [6.07, 6.45) is 8.15. The van der Waals surface area contributed by atoms with Crippen LogP contribution in [0.25, 0.3) is 6.08 Å². The molecule has 1 saturated carbocycles. The second-order valence-electron chi connectivity index (χ2n) is 7.13. The Morgan fingerprint density at radius 3 is 2.50 bits per heavy atom. The molecule has 0 radical (unpaired) electrons. The first-order chi connectivity index (χ1) is 14.4. The number of alkyl halides is 2. The Bertz CT molecular complexity index is 730. The van der Waals surface area contributed by atoms with Crippen molar-refractivity contribution in [2.24, 2.45) is 0 Å². The number of carbonyl (C=O) groups excluding carboxylic acids is 2. The molecule has 0 spiro atoms. The molecule has 0 saturated heterocycles. The van der Waals surface area contributed by atoms with Crippen LogP contribution in [0.3, 0.4) is 0 Å². The number of halogens is 2. The van der Waals surface area contributed by atoms with Crippen molar-refractivity contribution < 1.29 is 32.6 Å². The van der Waals surface area contributed by atoms with Crippen molar-refractivity contribution in [2.75, 3.05) is 6.61 Å². The first-order valence-electron chi connectivity index (χ1n) is 10.3. The van der Waals surface area contributed by atoms with E-state index in [1.807, 2.05) is 0 Å². The number of carbonyl (C=O) groups is 2. The Balaban J connectivity index is 1.91. The van der Waals surface area contributed by atoms with Gasteiger partial charge in [0.05, 0.1) is 6.61 Å². The van der Waals surface area contributed by atoms with Crippen molar-refractivity contribution in [3.63, 3.8) is 0 Å². The molecular formula is C22H29F2NO5. The summed E-state index contributed by atoms with van der Waals surface area (Å²) in [7, 11) is 0. The fourth-order valence-electron chi connectivity index (χ4n) is 3.26. The summed E-state index contributed by atoms with van der Waals surface area (Å²) in [5.41, 5.74) is 0.535. The molecule has 1 aromatic rings. The highest BCUT2D eigenvalue weighted by Crippen LogP contribution is 2.30. The molecule has 0 bridgehead atoms. The van der Waals surface area contributed by atoms with E-state index >= 15 is 0 Å². The van der Waals surface area contributed by atoms with Gasteiger partial charge in [0.2, 0.25) is 0 Å². The lowest BCUT2D eigenvalue weighted by Gasteiger charge is -2.19. The van der Waals surface area contributed by atoms with Crippen LogP contribution in [0.1, 0.15) is 57.9 Å². The van der Waals surface area contributed by atoms with Crippen LogP contribution in [0.15, 0.2) is 24.3 Å². The number of hydrogen-bond acceptors (Lipinski definition) is 5. The van der Waals surface area contributed by atoms with Gasteiger partial charge < -0.3 is 19.5 Å². The average Bonchev–Trinajstić information content (AvgIpc) is 2.96. The van der Waals surface area contributed by atoms with E-state index in [2.05, 4.69) is 10.1 Å². The molecule has 30 heavy (non-hydrogen) atoms. The van der Waals surface area contributed by atoms with Crippen LogP contribution in [0.2, 0.25) is 0 Å². The molecule has 2 rings (SSSR count). The topological polar surface area (TPSA) is 73.9 Å². The number of benzene rings is 1. The van der Waals surface area contributed by atoms with Crippen LogP contribution in [0, 0.1) is 0 Å². The molecule has 0 unspecified atom stereocenters. The first kappa shape index (κ1) is 23.6. The molecule has 1 aliphatic carbocycles. The van der Waals surface area contributed by atoms with E-state index < -0.39 is 18.7 Å². The van der Waals surface area contributed by atoms with Crippen molar-refractivity contribution in [1.29, 1.82) is 0 Å². The van der Waals surface area contributed by atoms with Gasteiger partial charge in [0.25, 0.3) is 5.91 Å². The normalized spacial score (nSPS) is 16.2. The van der Waals surface area contributed by atoms with Gasteiger partial charge in [0.15, 0.2) is 17.6 Å². The van der Waals surface area contributed by atoms with Crippen molar-refractivity contribution >= 4 is 18.0 Å². The standard InChI is InChI=1S/C22H29F2NO5/c1-3-28-19-14-16(10-12-18(19)30-22(23)24)11-13-20(26)29-15(2)21(27)25-17-8-6-4-5-7-9-17/h10-15,17,22H,3-9H2,1-2H3,(H,25,27)/b13-11+/t15-/m1/s1. The molecular weight excluding hydrogens is 396 g/mol. The third kappa shape index (κ3) is 8.00. The summed E-state index contributed by atoms with van der Waals surface area (Å²) in [6, 6.07) is 4.45. The smallest absolute Gasteiger partial charge is 0.387 e. The largest absolute Gasteiger partial charge is 0.490 e. The Morgan fingerprint density at radius 2 is 1.87 bits per heavy atom. The highest BCUT2D eigenvalue weighted by Gasteiger charge is 2.21. The Morgan fingerprint density at radius 1 is 1.17 bits per heavy atom. The van der Waals surface area contributed by atoms with E-state index in [9.17, 15) is 18.4 Å². The molecule has 1 atom stereocenters. The van der Waals surface area contributed by atoms with Gasteiger partial charge in [0, 0.05) is 12.1 Å². The number of nitrogens with one attached hydrogen (secondary N) is 1. The zero-order chi connectivity index (χ0) is 21.9. The van der Waals surface area contributed by atoms with Gasteiger partial charge in [-0.15, -0.1) is 0 Å². The number of ether oxygens (including phenoxy) is 3. The molecule has 1 aromatic carbocycles. The molecule has 166 valence electrons. The zero-order valence-electron chi connectivity index (χ0n) is 17.4. The van der Waals surface area contributed by atoms with Crippen molar-refractivity contribution in [3.05, 3.63) is 29.8 Å². The lowest BCUT2D eigenvalue weighted by Crippen LogP contribution is -2.41. The maximum absolute atomic E-state index is 12.5. The number of esters is 1. The van der Waals surface area contributed by atoms with Crippen LogP contribution < -0.4 is 14.8 Å². The van der Waals surface area contributed by atoms with Gasteiger partial charge in [-0.1, -0.05) is 31.7 Å². The van der Waals surface area contributed by atoms with Crippen molar-refractivity contribution in [3.8, 4) is 11.5 Å². The SMILES string of the molecule is CCOc1cc(/C=C/C(=O)O[C@H](C)C(=O)NC2CCCCCC2)ccc1OC(F)F. The Labute approximate surface area is 175 Å². The number of amides is 1. The van der Waals surface area contributed by atoms with Crippen molar-refractivity contribution in [1.82, 2.24) is 5.32 Å². The van der Waals surface area contributed by atoms with E-state index in [4.69, 9.17) is 9.47 Å². The monoisotopic (exact) mass is 425 g/mol. The summed E-state index contributed by atoms with van der Waals surface area (Å²) in [5, 5.41) is 2.95. The van der Waals surface area contributed by atoms with Crippen molar-refractivity contribution in [2.45, 2.75) is 71.1 Å². The van der Waals surface area contributed by atoms with Gasteiger partial charge in [-0.05, 0) is 50.5 Å². The predicted octanol–water partition coefficient (Wildman–Crippen LogP) is 4.47. The molecule has 1 aliphatic rings. The molecule has 1 amide bonds. The molecule has 6 nitrogen and oxygen atoms in total. The second-order valence-corrected chi connectivity index (χ2v) is 7.13. The fraction of sp³-hybridized carbons (Fsp3) is 0.545. The van der Waals surface area contributed by atoms with Gasteiger partial charge in [-0.3, -0.25) is 4.79 Å². The lowest BCUT2D eigenvalue weighted by atomic mass is 10.1. The predicted molar refractivity (Wildman–Crippen MR) is 108 cm³/mol. The van der Waals surface area contributed by atoms with Gasteiger partial charge >= 0.3 is 12.6 Å². The quantitative estimate of drug-likeness (QED) is 0.359. The lowest BCUT2D eigenvalue weighted by molar-refractivity contribution is -0.150. The van der Waals surface area contributed by atoms with Crippen LogP contribution in [-0.4, -0.2) is 37.2 Å². The van der Waals surface area contributed by atoms with Crippen LogP contribution in [0.5, 0.6) is 11.5 Å². The number of rotatable bonds is 9. The van der Waals surface area contributed by atoms with E-state index in [1.165, 1.54) is 50.1 Å². The Hall–Kier alpha value is -2.64. The molecule has 0 heterocycles. The van der Waals surface area contributed by atoms with E-state index in [0.29, 0.717) is 5.56 Å². The van der Waals surface area contributed by atoms with Gasteiger partial charge in [0.1, 0.15) is 0 Å². The minimum atomic E-state index is -2.97. The summed E-state index contributed by atoms with van der Waals surface area (Å²) in [4.78, 5) is 24.3. The summed E-state index contributed by atoms with van der Waals surface area (Å²) in [5.74, 6) is -0.931. The van der Waals surface area contributed by atoms with Crippen LogP contribution in [0.4, 0.5) is 8.78 Å². The maximum atomic E-state index is 12.5. The highest BCUT2D eigenvalue weighted by atomic mass is 19.3. The molecule has 1 fully saturated rings. The van der Waals surface area contributed by atoms with E-state index in [0.717, 1.165) is 25.7 Å². The molecule has 0 aliphatic heterocycles. The zero-order valence-corrected chi connectivity index (χ0v) is 17.4.